The zero-order chi connectivity index (χ0) is 52.2. The number of amides is 1. The number of esters is 1. The Kier molecular flexibility index (Phi) is 60.0. The SMILES string of the molecule is CCCCC/C=C\C/C=C\CCCCCCCC(=O)OCCCCCCCCC/C=C\CCCCCCCC(=O)NC(CO)C(O)CCCCCCCCCCCCCCCCCCCCCCCCCC. The number of hydrogen-bond donors (Lipinski definition) is 3. The van der Waals surface area contributed by atoms with Gasteiger partial charge in [-0.3, -0.25) is 9.59 Å². The second-order valence-electron chi connectivity index (χ2n) is 22.1. The van der Waals surface area contributed by atoms with E-state index in [1.54, 1.807) is 0 Å². The van der Waals surface area contributed by atoms with E-state index in [0.717, 1.165) is 70.6 Å². The predicted molar refractivity (Wildman–Crippen MR) is 315 cm³/mol. The van der Waals surface area contributed by atoms with E-state index in [1.807, 2.05) is 0 Å². The Morgan fingerprint density at radius 1 is 0.389 bits per heavy atom. The number of aliphatic hydroxyl groups is 2. The first-order valence-corrected chi connectivity index (χ1v) is 32.2. The fourth-order valence-corrected chi connectivity index (χ4v) is 9.96. The molecule has 0 aromatic rings. The van der Waals surface area contributed by atoms with Gasteiger partial charge in [-0.2, -0.15) is 0 Å². The summed E-state index contributed by atoms with van der Waals surface area (Å²) in [5.41, 5.74) is 0. The number of nitrogens with one attached hydrogen (secondary N) is 1. The first kappa shape index (κ1) is 70.1. The summed E-state index contributed by atoms with van der Waals surface area (Å²) < 4.78 is 5.47. The van der Waals surface area contributed by atoms with Crippen LogP contribution in [0.1, 0.15) is 348 Å². The van der Waals surface area contributed by atoms with Crippen molar-refractivity contribution in [2.75, 3.05) is 13.2 Å². The van der Waals surface area contributed by atoms with E-state index in [4.69, 9.17) is 4.74 Å². The Bertz CT molecular complexity index is 1170. The lowest BCUT2D eigenvalue weighted by atomic mass is 10.0. The molecule has 0 aromatic heterocycles. The van der Waals surface area contributed by atoms with Crippen LogP contribution in [0.4, 0.5) is 0 Å². The lowest BCUT2D eigenvalue weighted by Crippen LogP contribution is -2.45. The average Bonchev–Trinajstić information content (AvgIpc) is 3.38. The molecule has 0 fully saturated rings. The topological polar surface area (TPSA) is 95.9 Å². The van der Waals surface area contributed by atoms with Gasteiger partial charge in [-0.05, 0) is 83.5 Å². The van der Waals surface area contributed by atoms with Crippen molar-refractivity contribution in [3.05, 3.63) is 36.5 Å². The molecule has 0 aliphatic heterocycles. The Labute approximate surface area is 449 Å². The van der Waals surface area contributed by atoms with Crippen molar-refractivity contribution >= 4 is 11.9 Å². The molecule has 6 heteroatoms. The van der Waals surface area contributed by atoms with E-state index in [1.165, 1.54) is 244 Å². The summed E-state index contributed by atoms with van der Waals surface area (Å²) in [6.07, 6.45) is 77.3. The minimum absolute atomic E-state index is 0.0162. The molecule has 0 bridgehead atoms. The van der Waals surface area contributed by atoms with E-state index in [-0.39, 0.29) is 18.5 Å². The molecule has 0 saturated heterocycles. The van der Waals surface area contributed by atoms with Crippen LogP contribution in [0, 0.1) is 0 Å². The number of ether oxygens (including phenoxy) is 1. The second kappa shape index (κ2) is 61.6. The maximum Gasteiger partial charge on any atom is 0.305 e. The van der Waals surface area contributed by atoms with Gasteiger partial charge in [0.2, 0.25) is 5.91 Å². The summed E-state index contributed by atoms with van der Waals surface area (Å²) >= 11 is 0. The molecule has 0 saturated carbocycles. The van der Waals surface area contributed by atoms with Crippen molar-refractivity contribution < 1.29 is 24.5 Å². The fourth-order valence-electron chi connectivity index (χ4n) is 9.96. The standard InChI is InChI=1S/C66H125NO5/c1-3-5-7-9-11-13-15-17-19-20-21-22-23-24-25-26-27-31-34-38-42-46-50-54-58-64(69)63(62-68)67-65(70)59-55-51-47-43-39-35-32-28-29-33-37-41-45-49-53-57-61-72-66(71)60-56-52-48-44-40-36-30-18-16-14-12-10-8-6-4-2/h12,14,18,28,30,32,63-64,68-69H,3-11,13,15-17,19-27,29,31,33-62H2,1-2H3,(H,67,70)/b14-12-,30-18-,32-28-. The highest BCUT2D eigenvalue weighted by Gasteiger charge is 2.20. The van der Waals surface area contributed by atoms with E-state index in [0.29, 0.717) is 25.9 Å². The predicted octanol–water partition coefficient (Wildman–Crippen LogP) is 20.4. The number of hydrogen-bond acceptors (Lipinski definition) is 5. The van der Waals surface area contributed by atoms with Gasteiger partial charge >= 0.3 is 5.97 Å². The molecule has 6 nitrogen and oxygen atoms in total. The van der Waals surface area contributed by atoms with E-state index >= 15 is 0 Å². The molecule has 0 radical (unpaired) electrons. The van der Waals surface area contributed by atoms with Crippen molar-refractivity contribution in [1.82, 2.24) is 5.32 Å². The van der Waals surface area contributed by atoms with Crippen LogP contribution >= 0.6 is 0 Å². The third kappa shape index (κ3) is 57.4. The fraction of sp³-hybridized carbons (Fsp3) is 0.879. The molecule has 2 atom stereocenters. The summed E-state index contributed by atoms with van der Waals surface area (Å²) in [6, 6.07) is -0.556. The summed E-state index contributed by atoms with van der Waals surface area (Å²) in [4.78, 5) is 24.6. The monoisotopic (exact) mass is 1010 g/mol. The first-order chi connectivity index (χ1) is 35.5. The number of aliphatic hydroxyl groups excluding tert-OH is 2. The molecule has 0 heterocycles. The van der Waals surface area contributed by atoms with Gasteiger partial charge in [-0.1, -0.05) is 288 Å². The Balaban J connectivity index is 3.46. The van der Waals surface area contributed by atoms with Gasteiger partial charge in [0, 0.05) is 12.8 Å². The third-order valence-corrected chi connectivity index (χ3v) is 14.9. The maximum atomic E-state index is 12.5. The van der Waals surface area contributed by atoms with Gasteiger partial charge in [0.05, 0.1) is 25.4 Å². The number of rotatable bonds is 60. The molecule has 0 aliphatic carbocycles. The quantitative estimate of drug-likeness (QED) is 0.0320. The van der Waals surface area contributed by atoms with Gasteiger partial charge in [0.15, 0.2) is 0 Å². The minimum atomic E-state index is -0.677. The number of unbranched alkanes of at least 4 members (excludes halogenated alkanes) is 43. The number of carbonyl (C=O) groups is 2. The summed E-state index contributed by atoms with van der Waals surface area (Å²) in [5.74, 6) is -0.0656. The van der Waals surface area contributed by atoms with Gasteiger partial charge in [0.1, 0.15) is 0 Å². The van der Waals surface area contributed by atoms with Gasteiger partial charge in [-0.15, -0.1) is 0 Å². The van der Waals surface area contributed by atoms with E-state index in [9.17, 15) is 19.8 Å². The molecule has 0 aliphatic rings. The summed E-state index contributed by atoms with van der Waals surface area (Å²) in [5, 5.41) is 23.4. The highest BCUT2D eigenvalue weighted by molar-refractivity contribution is 5.76. The van der Waals surface area contributed by atoms with E-state index in [2.05, 4.69) is 55.6 Å². The Morgan fingerprint density at radius 2 is 0.694 bits per heavy atom. The Morgan fingerprint density at radius 3 is 1.10 bits per heavy atom. The van der Waals surface area contributed by atoms with Crippen molar-refractivity contribution in [3.63, 3.8) is 0 Å². The van der Waals surface area contributed by atoms with Crippen LogP contribution in [0.5, 0.6) is 0 Å². The third-order valence-electron chi connectivity index (χ3n) is 14.9. The Hall–Kier alpha value is -1.92. The minimum Gasteiger partial charge on any atom is -0.466 e. The zero-order valence-electron chi connectivity index (χ0n) is 48.4. The zero-order valence-corrected chi connectivity index (χ0v) is 48.4. The van der Waals surface area contributed by atoms with Crippen LogP contribution < -0.4 is 5.32 Å². The van der Waals surface area contributed by atoms with Crippen molar-refractivity contribution in [1.29, 1.82) is 0 Å². The molecule has 0 rings (SSSR count). The smallest absolute Gasteiger partial charge is 0.305 e. The van der Waals surface area contributed by atoms with Crippen LogP contribution in [0.3, 0.4) is 0 Å². The summed E-state index contributed by atoms with van der Waals surface area (Å²) in [7, 11) is 0. The molecule has 0 aromatic carbocycles. The van der Waals surface area contributed by atoms with Gasteiger partial charge in [0.25, 0.3) is 0 Å². The van der Waals surface area contributed by atoms with Crippen molar-refractivity contribution in [2.45, 2.75) is 360 Å². The van der Waals surface area contributed by atoms with E-state index < -0.39 is 12.1 Å². The molecule has 3 N–H and O–H groups in total. The van der Waals surface area contributed by atoms with Crippen LogP contribution in [0.25, 0.3) is 0 Å². The molecule has 0 spiro atoms. The number of carbonyl (C=O) groups excluding carboxylic acids is 2. The van der Waals surface area contributed by atoms with Gasteiger partial charge < -0.3 is 20.3 Å². The lowest BCUT2D eigenvalue weighted by Gasteiger charge is -2.22. The number of allylic oxidation sites excluding steroid dienone is 6. The second-order valence-corrected chi connectivity index (χ2v) is 22.1. The molecular formula is C66H125NO5. The van der Waals surface area contributed by atoms with Crippen LogP contribution in [0.2, 0.25) is 0 Å². The lowest BCUT2D eigenvalue weighted by molar-refractivity contribution is -0.143. The molecule has 2 unspecified atom stereocenters. The normalized spacial score (nSPS) is 12.8. The molecule has 424 valence electrons. The van der Waals surface area contributed by atoms with Crippen LogP contribution in [-0.2, 0) is 14.3 Å². The average molecular weight is 1010 g/mol. The van der Waals surface area contributed by atoms with Crippen molar-refractivity contribution in [3.8, 4) is 0 Å². The molecular weight excluding hydrogens is 887 g/mol. The van der Waals surface area contributed by atoms with Crippen LogP contribution in [0.15, 0.2) is 36.5 Å². The highest BCUT2D eigenvalue weighted by atomic mass is 16.5. The largest absolute Gasteiger partial charge is 0.466 e. The van der Waals surface area contributed by atoms with Gasteiger partial charge in [-0.25, -0.2) is 0 Å². The highest BCUT2D eigenvalue weighted by Crippen LogP contribution is 2.18. The first-order valence-electron chi connectivity index (χ1n) is 32.2. The van der Waals surface area contributed by atoms with Crippen molar-refractivity contribution in [2.24, 2.45) is 0 Å². The van der Waals surface area contributed by atoms with Crippen LogP contribution in [-0.4, -0.2) is 47.4 Å². The maximum absolute atomic E-state index is 12.5. The summed E-state index contributed by atoms with van der Waals surface area (Å²) in [6.45, 7) is 4.92. The molecule has 1 amide bonds. The molecule has 72 heavy (non-hydrogen) atoms.